The van der Waals surface area contributed by atoms with Crippen LogP contribution in [0.5, 0.6) is 0 Å². The first-order valence-corrected chi connectivity index (χ1v) is 7.92. The van der Waals surface area contributed by atoms with Gasteiger partial charge in [0.05, 0.1) is 22.3 Å². The van der Waals surface area contributed by atoms with Crippen LogP contribution in [-0.4, -0.2) is 19.3 Å². The van der Waals surface area contributed by atoms with Gasteiger partial charge >= 0.3 is 0 Å². The van der Waals surface area contributed by atoms with Gasteiger partial charge in [-0.1, -0.05) is 42.5 Å². The second-order valence-corrected chi connectivity index (χ2v) is 5.98. The first-order valence-electron chi connectivity index (χ1n) is 7.92. The number of nitrogens with two attached hydrogens (primary N) is 1. The van der Waals surface area contributed by atoms with E-state index in [-0.39, 0.29) is 0 Å². The molecule has 2 heterocycles. The molecule has 5 heteroatoms. The summed E-state index contributed by atoms with van der Waals surface area (Å²) < 4.78 is 3.81. The molecule has 2 aromatic heterocycles. The molecule has 120 valence electrons. The number of rotatable bonds is 3. The standard InChI is InChI=1S/C19H19N5/c1-23-16-11-7-6-10-14(16)21-19(23)17-15(22-24(2)18(17)20)12-13-8-4-3-5-9-13/h3-11H,12,20H2,1-2H3. The Hall–Kier alpha value is -3.08. The Morgan fingerprint density at radius 2 is 1.67 bits per heavy atom. The van der Waals surface area contributed by atoms with Gasteiger partial charge in [-0.05, 0) is 17.7 Å². The van der Waals surface area contributed by atoms with E-state index < -0.39 is 0 Å². The maximum atomic E-state index is 6.33. The zero-order valence-electron chi connectivity index (χ0n) is 13.8. The van der Waals surface area contributed by atoms with Gasteiger partial charge < -0.3 is 10.3 Å². The number of aryl methyl sites for hydroxylation is 2. The molecule has 0 aliphatic carbocycles. The summed E-state index contributed by atoms with van der Waals surface area (Å²) in [6, 6.07) is 18.4. The van der Waals surface area contributed by atoms with E-state index in [1.54, 1.807) is 4.68 Å². The van der Waals surface area contributed by atoms with E-state index in [2.05, 4.69) is 27.9 Å². The highest BCUT2D eigenvalue weighted by atomic mass is 15.3. The van der Waals surface area contributed by atoms with E-state index in [0.717, 1.165) is 34.5 Å². The molecular formula is C19H19N5. The van der Waals surface area contributed by atoms with Crippen LogP contribution in [0, 0.1) is 0 Å². The van der Waals surface area contributed by atoms with E-state index in [0.29, 0.717) is 5.82 Å². The number of benzene rings is 2. The summed E-state index contributed by atoms with van der Waals surface area (Å²) in [7, 11) is 3.89. The summed E-state index contributed by atoms with van der Waals surface area (Å²) in [5.74, 6) is 1.49. The lowest BCUT2D eigenvalue weighted by molar-refractivity contribution is 0.759. The molecule has 0 aliphatic rings. The van der Waals surface area contributed by atoms with Crippen molar-refractivity contribution in [1.82, 2.24) is 19.3 Å². The summed E-state index contributed by atoms with van der Waals surface area (Å²) in [5.41, 5.74) is 11.4. The number of fused-ring (bicyclic) bond motifs is 1. The van der Waals surface area contributed by atoms with Crippen LogP contribution >= 0.6 is 0 Å². The SMILES string of the molecule is Cn1nc(Cc2ccccc2)c(-c2nc3ccccc3n2C)c1N. The Morgan fingerprint density at radius 1 is 0.958 bits per heavy atom. The lowest BCUT2D eigenvalue weighted by Crippen LogP contribution is -2.00. The van der Waals surface area contributed by atoms with E-state index >= 15 is 0 Å². The van der Waals surface area contributed by atoms with E-state index in [1.807, 2.05) is 50.5 Å². The van der Waals surface area contributed by atoms with Crippen molar-refractivity contribution in [1.29, 1.82) is 0 Å². The summed E-state index contributed by atoms with van der Waals surface area (Å²) in [6.07, 6.45) is 0.727. The van der Waals surface area contributed by atoms with Gasteiger partial charge in [0.15, 0.2) is 0 Å². The number of nitrogen functional groups attached to an aromatic ring is 1. The zero-order valence-corrected chi connectivity index (χ0v) is 13.8. The Balaban J connectivity index is 1.89. The summed E-state index contributed by atoms with van der Waals surface area (Å²) in [6.45, 7) is 0. The van der Waals surface area contributed by atoms with Crippen molar-refractivity contribution >= 4 is 16.9 Å². The molecule has 24 heavy (non-hydrogen) atoms. The number of para-hydroxylation sites is 2. The van der Waals surface area contributed by atoms with Crippen molar-refractivity contribution in [3.05, 3.63) is 65.9 Å². The van der Waals surface area contributed by atoms with Crippen molar-refractivity contribution < 1.29 is 0 Å². The van der Waals surface area contributed by atoms with Crippen LogP contribution in [0.2, 0.25) is 0 Å². The van der Waals surface area contributed by atoms with Crippen molar-refractivity contribution in [3.63, 3.8) is 0 Å². The Labute approximate surface area is 140 Å². The van der Waals surface area contributed by atoms with Gasteiger partial charge in [-0.2, -0.15) is 5.10 Å². The minimum atomic E-state index is 0.638. The molecule has 2 aromatic carbocycles. The number of aromatic nitrogens is 4. The molecule has 0 bridgehead atoms. The monoisotopic (exact) mass is 317 g/mol. The Morgan fingerprint density at radius 3 is 2.42 bits per heavy atom. The molecule has 4 aromatic rings. The molecular weight excluding hydrogens is 298 g/mol. The fourth-order valence-corrected chi connectivity index (χ4v) is 3.12. The van der Waals surface area contributed by atoms with Crippen LogP contribution in [0.3, 0.4) is 0 Å². The lowest BCUT2D eigenvalue weighted by atomic mass is 10.1. The summed E-state index contributed by atoms with van der Waals surface area (Å²) in [4.78, 5) is 4.79. The average molecular weight is 317 g/mol. The molecule has 0 spiro atoms. The second-order valence-electron chi connectivity index (χ2n) is 5.98. The van der Waals surface area contributed by atoms with Crippen LogP contribution in [0.4, 0.5) is 5.82 Å². The van der Waals surface area contributed by atoms with Crippen LogP contribution < -0.4 is 5.73 Å². The van der Waals surface area contributed by atoms with Crippen molar-refractivity contribution in [2.75, 3.05) is 5.73 Å². The third-order valence-corrected chi connectivity index (χ3v) is 4.39. The topological polar surface area (TPSA) is 61.7 Å². The molecule has 0 aliphatic heterocycles. The molecule has 4 rings (SSSR count). The number of nitrogens with zero attached hydrogens (tertiary/aromatic N) is 4. The number of hydrogen-bond donors (Lipinski definition) is 1. The molecule has 0 saturated heterocycles. The largest absolute Gasteiger partial charge is 0.383 e. The van der Waals surface area contributed by atoms with Crippen molar-refractivity contribution in [3.8, 4) is 11.4 Å². The maximum Gasteiger partial charge on any atom is 0.146 e. The lowest BCUT2D eigenvalue weighted by Gasteiger charge is -2.05. The van der Waals surface area contributed by atoms with Gasteiger partial charge in [-0.15, -0.1) is 0 Å². The van der Waals surface area contributed by atoms with Gasteiger partial charge in [0, 0.05) is 20.5 Å². The molecule has 0 fully saturated rings. The van der Waals surface area contributed by atoms with Gasteiger partial charge in [0.1, 0.15) is 11.6 Å². The first kappa shape index (κ1) is 14.5. The van der Waals surface area contributed by atoms with Gasteiger partial charge in [-0.3, -0.25) is 4.68 Å². The predicted octanol–water partition coefficient (Wildman–Crippen LogP) is 3.15. The summed E-state index contributed by atoms with van der Waals surface area (Å²) in [5, 5.41) is 4.63. The van der Waals surface area contributed by atoms with Gasteiger partial charge in [0.25, 0.3) is 0 Å². The Bertz CT molecular complexity index is 1010. The first-order chi connectivity index (χ1) is 11.6. The van der Waals surface area contributed by atoms with Crippen LogP contribution in [-0.2, 0) is 20.5 Å². The number of imidazole rings is 1. The fraction of sp³-hybridized carbons (Fsp3) is 0.158. The minimum absolute atomic E-state index is 0.638. The highest BCUT2D eigenvalue weighted by Gasteiger charge is 2.21. The highest BCUT2D eigenvalue weighted by Crippen LogP contribution is 2.32. The zero-order chi connectivity index (χ0) is 16.7. The molecule has 5 nitrogen and oxygen atoms in total. The molecule has 0 saturated carbocycles. The van der Waals surface area contributed by atoms with Gasteiger partial charge in [0.2, 0.25) is 0 Å². The third-order valence-electron chi connectivity index (χ3n) is 4.39. The molecule has 0 radical (unpaired) electrons. The average Bonchev–Trinajstić information content (AvgIpc) is 3.06. The van der Waals surface area contributed by atoms with Crippen molar-refractivity contribution in [2.45, 2.75) is 6.42 Å². The molecule has 0 amide bonds. The molecule has 2 N–H and O–H groups in total. The third kappa shape index (κ3) is 2.25. The smallest absolute Gasteiger partial charge is 0.146 e. The minimum Gasteiger partial charge on any atom is -0.383 e. The summed E-state index contributed by atoms with van der Waals surface area (Å²) >= 11 is 0. The number of anilines is 1. The van der Waals surface area contributed by atoms with Crippen molar-refractivity contribution in [2.24, 2.45) is 14.1 Å². The van der Waals surface area contributed by atoms with E-state index in [4.69, 9.17) is 10.7 Å². The quantitative estimate of drug-likeness (QED) is 0.631. The van der Waals surface area contributed by atoms with E-state index in [1.165, 1.54) is 5.56 Å². The maximum absolute atomic E-state index is 6.33. The predicted molar refractivity (Wildman–Crippen MR) is 96.6 cm³/mol. The van der Waals surface area contributed by atoms with E-state index in [9.17, 15) is 0 Å². The van der Waals surface area contributed by atoms with Crippen LogP contribution in [0.1, 0.15) is 11.3 Å². The highest BCUT2D eigenvalue weighted by molar-refractivity contribution is 5.83. The van der Waals surface area contributed by atoms with Crippen LogP contribution in [0.25, 0.3) is 22.4 Å². The molecule has 0 unspecified atom stereocenters. The van der Waals surface area contributed by atoms with Gasteiger partial charge in [-0.25, -0.2) is 4.98 Å². The molecule has 0 atom stereocenters. The van der Waals surface area contributed by atoms with Crippen LogP contribution in [0.15, 0.2) is 54.6 Å². The number of hydrogen-bond acceptors (Lipinski definition) is 3. The second kappa shape index (κ2) is 5.53. The fourth-order valence-electron chi connectivity index (χ4n) is 3.12. The normalized spacial score (nSPS) is 11.2. The Kier molecular flexibility index (Phi) is 3.34.